The van der Waals surface area contributed by atoms with E-state index in [1.54, 1.807) is 25.6 Å². The second-order valence-corrected chi connectivity index (χ2v) is 7.04. The first-order chi connectivity index (χ1) is 9.62. The molecular formula is C14H10Br2NO2S+. The van der Waals surface area contributed by atoms with E-state index < -0.39 is 0 Å². The summed E-state index contributed by atoms with van der Waals surface area (Å²) in [5.74, 6) is 0.748. The summed E-state index contributed by atoms with van der Waals surface area (Å²) in [4.78, 5) is 5.78. The van der Waals surface area contributed by atoms with Crippen LogP contribution in [-0.2, 0) is 0 Å². The first kappa shape index (κ1) is 14.0. The van der Waals surface area contributed by atoms with E-state index in [0.717, 1.165) is 40.9 Å². The predicted octanol–water partition coefficient (Wildman–Crippen LogP) is 4.46. The zero-order valence-corrected chi connectivity index (χ0v) is 14.7. The number of methoxy groups -OCH3 is 1. The summed E-state index contributed by atoms with van der Waals surface area (Å²) >= 11 is 8.65. The summed E-state index contributed by atoms with van der Waals surface area (Å²) in [6, 6.07) is 7.92. The van der Waals surface area contributed by atoms with Gasteiger partial charge < -0.3 is 4.74 Å². The van der Waals surface area contributed by atoms with Gasteiger partial charge in [0.25, 0.3) is 7.11 Å². The van der Waals surface area contributed by atoms with Gasteiger partial charge in [0, 0.05) is 8.95 Å². The van der Waals surface area contributed by atoms with Gasteiger partial charge in [-0.3, -0.25) is 4.42 Å². The van der Waals surface area contributed by atoms with Crippen LogP contribution in [0, 0.1) is 0 Å². The Bertz CT molecular complexity index is 845. The molecule has 1 aromatic carbocycles. The zero-order chi connectivity index (χ0) is 14.3. The van der Waals surface area contributed by atoms with Crippen molar-refractivity contribution in [3.63, 3.8) is 0 Å². The lowest BCUT2D eigenvalue weighted by molar-refractivity contribution is 0.418. The van der Waals surface area contributed by atoms with Gasteiger partial charge in [0.1, 0.15) is 11.3 Å². The smallest absolute Gasteiger partial charge is 0.371 e. The van der Waals surface area contributed by atoms with Crippen LogP contribution in [0.4, 0.5) is 0 Å². The number of hydrogen-bond donors (Lipinski definition) is 0. The van der Waals surface area contributed by atoms with Gasteiger partial charge in [0.2, 0.25) is 0 Å². The third-order valence-electron chi connectivity index (χ3n) is 2.89. The molecule has 0 saturated heterocycles. The Hall–Kier alpha value is -0.980. The van der Waals surface area contributed by atoms with Crippen LogP contribution in [-0.4, -0.2) is 19.2 Å². The number of aromatic nitrogens is 1. The molecule has 1 aliphatic heterocycles. The Labute approximate surface area is 136 Å². The van der Waals surface area contributed by atoms with E-state index in [0.29, 0.717) is 0 Å². The maximum absolute atomic E-state index is 5.42. The molecule has 1 heterocycles. The molecule has 0 spiro atoms. The average Bonchev–Trinajstić information content (AvgIpc) is 2.43. The molecule has 3 nitrogen and oxygen atoms in total. The molecule has 0 atom stereocenters. The molecule has 0 radical (unpaired) electrons. The normalized spacial score (nSPS) is 12.3. The highest BCUT2D eigenvalue weighted by atomic mass is 79.9. The fraction of sp³-hybridized carbons (Fsp3) is 0.143. The molecule has 3 rings (SSSR count). The van der Waals surface area contributed by atoms with Crippen molar-refractivity contribution < 1.29 is 4.74 Å². The summed E-state index contributed by atoms with van der Waals surface area (Å²) < 4.78 is 13.8. The van der Waals surface area contributed by atoms with E-state index in [4.69, 9.17) is 14.1 Å². The highest BCUT2D eigenvalue weighted by Gasteiger charge is 2.18. The standard InChI is InChI=1S/C14H10Br2NO2S/c1-18-9-3-7(15)5-11-13(9)17-14-10(19-2)4-8(16)6-12(14)20-11/h3-6H,1-2H3/q+1. The van der Waals surface area contributed by atoms with Crippen molar-refractivity contribution in [3.8, 4) is 16.3 Å². The highest BCUT2D eigenvalue weighted by Crippen LogP contribution is 2.36. The molecule has 102 valence electrons. The number of benzene rings is 2. The van der Waals surface area contributed by atoms with Gasteiger partial charge in [-0.1, -0.05) is 31.9 Å². The highest BCUT2D eigenvalue weighted by molar-refractivity contribution is 9.10. The van der Waals surface area contributed by atoms with Gasteiger partial charge in [-0.05, 0) is 18.2 Å². The number of ether oxygens (including phenoxy) is 1. The van der Waals surface area contributed by atoms with Crippen molar-refractivity contribution in [2.24, 2.45) is 0 Å². The molecule has 20 heavy (non-hydrogen) atoms. The van der Waals surface area contributed by atoms with Gasteiger partial charge >= 0.3 is 5.43 Å². The average molecular weight is 416 g/mol. The number of rotatable bonds is 1. The van der Waals surface area contributed by atoms with Gasteiger partial charge in [0.15, 0.2) is 5.69 Å². The molecule has 6 heteroatoms. The van der Waals surface area contributed by atoms with Crippen LogP contribution in [0.2, 0.25) is 0 Å². The van der Waals surface area contributed by atoms with Crippen molar-refractivity contribution in [1.29, 1.82) is 0 Å². The largest absolute Gasteiger partial charge is 0.494 e. The zero-order valence-electron chi connectivity index (χ0n) is 10.7. The molecule has 0 fully saturated rings. The second-order valence-electron chi connectivity index (χ2n) is 4.12. The van der Waals surface area contributed by atoms with E-state index in [-0.39, 0.29) is 0 Å². The first-order valence-electron chi connectivity index (χ1n) is 5.77. The van der Waals surface area contributed by atoms with Crippen molar-refractivity contribution in [2.75, 3.05) is 14.2 Å². The lowest BCUT2D eigenvalue weighted by atomic mass is 10.2. The van der Waals surface area contributed by atoms with Crippen LogP contribution < -0.4 is 10.2 Å². The van der Waals surface area contributed by atoms with Crippen LogP contribution in [0.25, 0.3) is 20.8 Å². The maximum atomic E-state index is 5.42. The van der Waals surface area contributed by atoms with Crippen LogP contribution in [0.3, 0.4) is 0 Å². The van der Waals surface area contributed by atoms with Crippen molar-refractivity contribution in [1.82, 2.24) is 4.98 Å². The minimum Gasteiger partial charge on any atom is -0.494 e. The summed E-state index contributed by atoms with van der Waals surface area (Å²) in [6.07, 6.45) is 0. The molecule has 0 bridgehead atoms. The predicted molar refractivity (Wildman–Crippen MR) is 90.4 cm³/mol. The number of fused-ring (bicyclic) bond motifs is 2. The third kappa shape index (κ3) is 2.36. The van der Waals surface area contributed by atoms with Gasteiger partial charge in [-0.2, -0.15) is 0 Å². The first-order valence-corrected chi connectivity index (χ1v) is 8.17. The van der Waals surface area contributed by atoms with Crippen LogP contribution >= 0.6 is 43.2 Å². The Balaban J connectivity index is 2.50. The molecule has 0 aromatic heterocycles. The minimum atomic E-state index is 0.748. The van der Waals surface area contributed by atoms with Crippen molar-refractivity contribution >= 4 is 53.4 Å². The molecule has 1 aliphatic carbocycles. The van der Waals surface area contributed by atoms with Gasteiger partial charge in [-0.25, -0.2) is 4.98 Å². The van der Waals surface area contributed by atoms with E-state index in [2.05, 4.69) is 31.9 Å². The molecular weight excluding hydrogens is 406 g/mol. The second kappa shape index (κ2) is 5.42. The number of nitrogens with zero attached hydrogens (tertiary/aromatic N) is 1. The minimum absolute atomic E-state index is 0.748. The maximum Gasteiger partial charge on any atom is 0.371 e. The number of halogens is 2. The monoisotopic (exact) mass is 414 g/mol. The molecule has 0 unspecified atom stereocenters. The van der Waals surface area contributed by atoms with E-state index >= 15 is 0 Å². The Morgan fingerprint density at radius 3 is 2.60 bits per heavy atom. The van der Waals surface area contributed by atoms with Crippen LogP contribution in [0.5, 0.6) is 5.75 Å². The summed E-state index contributed by atoms with van der Waals surface area (Å²) in [5, 5.41) is 0. The van der Waals surface area contributed by atoms with Crippen molar-refractivity contribution in [3.05, 3.63) is 43.1 Å². The molecule has 0 amide bonds. The van der Waals surface area contributed by atoms with Gasteiger partial charge in [0.05, 0.1) is 22.8 Å². The van der Waals surface area contributed by atoms with E-state index in [9.17, 15) is 0 Å². The fourth-order valence-electron chi connectivity index (χ4n) is 2.02. The topological polar surface area (TPSA) is 33.4 Å². The SMILES string of the molecule is COc1cc(Br)cc2sc3cc(Br)cc(=[O+]C)c-3nc12. The summed E-state index contributed by atoms with van der Waals surface area (Å²) in [5.41, 5.74) is 2.43. The van der Waals surface area contributed by atoms with Crippen molar-refractivity contribution in [2.45, 2.75) is 0 Å². The Morgan fingerprint density at radius 1 is 1.15 bits per heavy atom. The fourth-order valence-corrected chi connectivity index (χ4v) is 4.29. The Kier molecular flexibility index (Phi) is 3.79. The molecule has 2 aliphatic rings. The van der Waals surface area contributed by atoms with Gasteiger partial charge in [-0.15, -0.1) is 11.3 Å². The summed E-state index contributed by atoms with van der Waals surface area (Å²) in [6.45, 7) is 0. The molecule has 0 N–H and O–H groups in total. The lowest BCUT2D eigenvalue weighted by Gasteiger charge is -2.08. The Morgan fingerprint density at radius 2 is 1.90 bits per heavy atom. The summed E-state index contributed by atoms with van der Waals surface area (Å²) in [7, 11) is 3.30. The van der Waals surface area contributed by atoms with Crippen LogP contribution in [0.15, 0.2) is 37.6 Å². The van der Waals surface area contributed by atoms with E-state index in [1.807, 2.05) is 24.3 Å². The molecule has 0 saturated carbocycles. The quantitative estimate of drug-likeness (QED) is 0.434. The third-order valence-corrected chi connectivity index (χ3v) is 4.87. The number of hydrogen-bond acceptors (Lipinski definition) is 3. The molecule has 1 aromatic rings. The van der Waals surface area contributed by atoms with Crippen LogP contribution in [0.1, 0.15) is 0 Å². The van der Waals surface area contributed by atoms with E-state index in [1.165, 1.54) is 0 Å². The lowest BCUT2D eigenvalue weighted by Crippen LogP contribution is -2.08.